The first-order chi connectivity index (χ1) is 11.8. The number of amides is 1. The van der Waals surface area contributed by atoms with E-state index in [0.29, 0.717) is 6.42 Å². The van der Waals surface area contributed by atoms with Crippen molar-refractivity contribution < 1.29 is 4.79 Å². The Morgan fingerprint density at radius 2 is 2.08 bits per heavy atom. The molecule has 0 radical (unpaired) electrons. The minimum absolute atomic E-state index is 0.164. The Bertz CT molecular complexity index is 772. The lowest BCUT2D eigenvalue weighted by molar-refractivity contribution is -0.132. The third-order valence-electron chi connectivity index (χ3n) is 4.31. The minimum atomic E-state index is 0.164. The van der Waals surface area contributed by atoms with E-state index in [0.717, 1.165) is 49.9 Å². The molecule has 1 aliphatic rings. The Hall–Kier alpha value is -2.26. The molecule has 0 unspecified atom stereocenters. The largest absolute Gasteiger partial charge is 0.340 e. The van der Waals surface area contributed by atoms with Crippen LogP contribution in [0.2, 0.25) is 0 Å². The second-order valence-corrected chi connectivity index (χ2v) is 6.76. The van der Waals surface area contributed by atoms with Crippen molar-refractivity contribution in [2.45, 2.75) is 13.0 Å². The molecule has 0 atom stereocenters. The fraction of sp³-hybridized carbons (Fsp3) is 0.467. The van der Waals surface area contributed by atoms with Gasteiger partial charge in [0, 0.05) is 50.5 Å². The predicted molar refractivity (Wildman–Crippen MR) is 89.8 cm³/mol. The molecule has 0 aliphatic carbocycles. The standard InChI is InChI=1S/C15H19N7OS/c23-14(9-13-10-21-7-8-24-15(21)18-13)20-4-1-19(2-5-20)3-6-22-12-16-11-17-22/h7-8,10-12H,1-6,9H2. The summed E-state index contributed by atoms with van der Waals surface area (Å²) in [6.45, 7) is 5.12. The smallest absolute Gasteiger partial charge is 0.228 e. The van der Waals surface area contributed by atoms with Crippen LogP contribution in [0.3, 0.4) is 0 Å². The molecular formula is C15H19N7OS. The van der Waals surface area contributed by atoms with E-state index < -0.39 is 0 Å². The maximum Gasteiger partial charge on any atom is 0.228 e. The quantitative estimate of drug-likeness (QED) is 0.668. The van der Waals surface area contributed by atoms with Crippen molar-refractivity contribution in [3.05, 3.63) is 36.1 Å². The predicted octanol–water partition coefficient (Wildman–Crippen LogP) is 0.374. The number of hydrogen-bond donors (Lipinski definition) is 0. The summed E-state index contributed by atoms with van der Waals surface area (Å²) in [5.41, 5.74) is 0.848. The molecule has 8 nitrogen and oxygen atoms in total. The first-order valence-corrected chi connectivity index (χ1v) is 8.89. The number of fused-ring (bicyclic) bond motifs is 1. The molecule has 3 aromatic rings. The van der Waals surface area contributed by atoms with Gasteiger partial charge in [0.05, 0.1) is 18.7 Å². The van der Waals surface area contributed by atoms with Gasteiger partial charge in [0.15, 0.2) is 4.96 Å². The lowest BCUT2D eigenvalue weighted by Crippen LogP contribution is -2.49. The van der Waals surface area contributed by atoms with Crippen molar-refractivity contribution in [3.63, 3.8) is 0 Å². The van der Waals surface area contributed by atoms with Crippen molar-refractivity contribution in [1.29, 1.82) is 0 Å². The van der Waals surface area contributed by atoms with Crippen LogP contribution in [0.15, 0.2) is 30.4 Å². The van der Waals surface area contributed by atoms with Crippen molar-refractivity contribution in [3.8, 4) is 0 Å². The molecule has 1 amide bonds. The molecule has 0 aromatic carbocycles. The second kappa shape index (κ2) is 6.70. The third-order valence-corrected chi connectivity index (χ3v) is 5.08. The molecule has 126 valence electrons. The fourth-order valence-electron chi connectivity index (χ4n) is 2.94. The molecule has 1 fully saturated rings. The Balaban J connectivity index is 1.25. The molecule has 0 spiro atoms. The number of aromatic nitrogens is 5. The van der Waals surface area contributed by atoms with E-state index in [2.05, 4.69) is 20.0 Å². The highest BCUT2D eigenvalue weighted by atomic mass is 32.1. The van der Waals surface area contributed by atoms with E-state index in [1.165, 1.54) is 0 Å². The van der Waals surface area contributed by atoms with Crippen LogP contribution in [-0.2, 0) is 17.8 Å². The topological polar surface area (TPSA) is 71.6 Å². The van der Waals surface area contributed by atoms with Crippen LogP contribution in [0, 0.1) is 0 Å². The van der Waals surface area contributed by atoms with Gasteiger partial charge in [-0.2, -0.15) is 5.10 Å². The first kappa shape index (κ1) is 15.3. The van der Waals surface area contributed by atoms with E-state index in [4.69, 9.17) is 0 Å². The van der Waals surface area contributed by atoms with E-state index in [9.17, 15) is 4.79 Å². The highest BCUT2D eigenvalue weighted by Crippen LogP contribution is 2.13. The van der Waals surface area contributed by atoms with Gasteiger partial charge in [-0.3, -0.25) is 18.8 Å². The molecular weight excluding hydrogens is 326 g/mol. The number of nitrogens with zero attached hydrogens (tertiary/aromatic N) is 7. The molecule has 1 aliphatic heterocycles. The number of carbonyl (C=O) groups excluding carboxylic acids is 1. The maximum atomic E-state index is 12.5. The number of thiazole rings is 1. The zero-order valence-electron chi connectivity index (χ0n) is 13.3. The second-order valence-electron chi connectivity index (χ2n) is 5.88. The van der Waals surface area contributed by atoms with Crippen LogP contribution >= 0.6 is 11.3 Å². The van der Waals surface area contributed by atoms with Gasteiger partial charge in [-0.05, 0) is 0 Å². The van der Waals surface area contributed by atoms with Gasteiger partial charge in [0.25, 0.3) is 0 Å². The highest BCUT2D eigenvalue weighted by molar-refractivity contribution is 7.15. The molecule has 0 bridgehead atoms. The fourth-order valence-corrected chi connectivity index (χ4v) is 3.66. The van der Waals surface area contributed by atoms with Gasteiger partial charge < -0.3 is 4.90 Å². The highest BCUT2D eigenvalue weighted by Gasteiger charge is 2.21. The van der Waals surface area contributed by atoms with Crippen LogP contribution in [0.25, 0.3) is 4.96 Å². The van der Waals surface area contributed by atoms with E-state index >= 15 is 0 Å². The lowest BCUT2D eigenvalue weighted by atomic mass is 10.2. The molecule has 4 rings (SSSR count). The molecule has 0 saturated carbocycles. The van der Waals surface area contributed by atoms with Crippen LogP contribution in [0.4, 0.5) is 0 Å². The van der Waals surface area contributed by atoms with E-state index in [-0.39, 0.29) is 5.91 Å². The van der Waals surface area contributed by atoms with Gasteiger partial charge in [0.1, 0.15) is 12.7 Å². The monoisotopic (exact) mass is 345 g/mol. The SMILES string of the molecule is O=C(Cc1cn2ccsc2n1)N1CCN(CCn2cncn2)CC1. The van der Waals surface area contributed by atoms with Crippen LogP contribution in [0.1, 0.15) is 5.69 Å². The zero-order valence-corrected chi connectivity index (χ0v) is 14.1. The van der Waals surface area contributed by atoms with Crippen molar-refractivity contribution >= 4 is 22.2 Å². The van der Waals surface area contributed by atoms with E-state index in [1.807, 2.05) is 31.8 Å². The molecule has 3 aromatic heterocycles. The minimum Gasteiger partial charge on any atom is -0.340 e. The van der Waals surface area contributed by atoms with E-state index in [1.54, 1.807) is 24.0 Å². The summed E-state index contributed by atoms with van der Waals surface area (Å²) in [6, 6.07) is 0. The van der Waals surface area contributed by atoms with Gasteiger partial charge in [-0.1, -0.05) is 0 Å². The molecule has 1 saturated heterocycles. The Morgan fingerprint density at radius 3 is 2.83 bits per heavy atom. The van der Waals surface area contributed by atoms with Crippen molar-refractivity contribution in [2.24, 2.45) is 0 Å². The van der Waals surface area contributed by atoms with Gasteiger partial charge >= 0.3 is 0 Å². The molecule has 0 N–H and O–H groups in total. The molecule has 24 heavy (non-hydrogen) atoms. The average molecular weight is 345 g/mol. The Labute approximate surface area is 143 Å². The maximum absolute atomic E-state index is 12.5. The Kier molecular flexibility index (Phi) is 4.26. The van der Waals surface area contributed by atoms with Gasteiger partial charge in [0.2, 0.25) is 5.91 Å². The number of imidazole rings is 1. The summed E-state index contributed by atoms with van der Waals surface area (Å²) < 4.78 is 3.80. The normalized spacial score (nSPS) is 16.1. The summed E-state index contributed by atoms with van der Waals surface area (Å²) in [5, 5.41) is 6.10. The number of rotatable bonds is 5. The van der Waals surface area contributed by atoms with Crippen molar-refractivity contribution in [2.75, 3.05) is 32.7 Å². The lowest BCUT2D eigenvalue weighted by Gasteiger charge is -2.34. The number of piperazine rings is 1. The third kappa shape index (κ3) is 3.31. The summed E-state index contributed by atoms with van der Waals surface area (Å²) in [4.78, 5) is 26.1. The van der Waals surface area contributed by atoms with Crippen LogP contribution in [-0.4, -0.2) is 72.6 Å². The number of carbonyl (C=O) groups is 1. The van der Waals surface area contributed by atoms with Crippen LogP contribution < -0.4 is 0 Å². The molecule has 9 heteroatoms. The zero-order chi connectivity index (χ0) is 16.4. The number of hydrogen-bond acceptors (Lipinski definition) is 6. The summed E-state index contributed by atoms with van der Waals surface area (Å²) in [6.07, 6.45) is 7.58. The van der Waals surface area contributed by atoms with Crippen LogP contribution in [0.5, 0.6) is 0 Å². The summed E-state index contributed by atoms with van der Waals surface area (Å²) in [5.74, 6) is 0.164. The Morgan fingerprint density at radius 1 is 1.21 bits per heavy atom. The summed E-state index contributed by atoms with van der Waals surface area (Å²) >= 11 is 1.58. The first-order valence-electron chi connectivity index (χ1n) is 8.01. The average Bonchev–Trinajstić information content (AvgIpc) is 3.30. The van der Waals surface area contributed by atoms with Gasteiger partial charge in [-0.25, -0.2) is 9.97 Å². The van der Waals surface area contributed by atoms with Crippen molar-refractivity contribution in [1.82, 2.24) is 33.9 Å². The molecule has 4 heterocycles. The van der Waals surface area contributed by atoms with Gasteiger partial charge in [-0.15, -0.1) is 11.3 Å². The summed E-state index contributed by atoms with van der Waals surface area (Å²) in [7, 11) is 0.